The largest absolute Gasteiger partial charge is 0.326 e. The van der Waals surface area contributed by atoms with Gasteiger partial charge in [-0.05, 0) is 43.0 Å². The molecule has 3 amide bonds. The molecule has 31 heavy (non-hydrogen) atoms. The Bertz CT molecular complexity index is 868. The Labute approximate surface area is 183 Å². The number of anilines is 3. The van der Waals surface area contributed by atoms with Gasteiger partial charge < -0.3 is 21.7 Å². The van der Waals surface area contributed by atoms with Crippen molar-refractivity contribution in [3.63, 3.8) is 0 Å². The number of rotatable bonds is 11. The van der Waals surface area contributed by atoms with E-state index in [2.05, 4.69) is 16.0 Å². The fourth-order valence-corrected chi connectivity index (χ4v) is 2.93. The number of hydrogen-bond acceptors (Lipinski definition) is 4. The van der Waals surface area contributed by atoms with Gasteiger partial charge in [0.25, 0.3) is 0 Å². The van der Waals surface area contributed by atoms with Crippen LogP contribution in [0.15, 0.2) is 54.6 Å². The highest BCUT2D eigenvalue weighted by Gasteiger charge is 2.18. The van der Waals surface area contributed by atoms with Gasteiger partial charge in [-0.2, -0.15) is 0 Å². The lowest BCUT2D eigenvalue weighted by Gasteiger charge is -2.17. The molecule has 2 aromatic carbocycles. The van der Waals surface area contributed by atoms with E-state index in [9.17, 15) is 14.4 Å². The lowest BCUT2D eigenvalue weighted by Crippen LogP contribution is -2.39. The molecule has 0 saturated carbocycles. The standard InChI is InChI=1S/C24H32N4O3/c1-17(2)23(25)24(31)28-20-14-10-9-13-19(20)27-22(30)16-8-4-7-15-21(29)26-18-11-5-3-6-12-18/h3,5-6,9-14,17,23H,4,7-8,15-16,25H2,1-2H3,(H,26,29)(H,27,30)(H,28,31)/t23-/m0/s1. The minimum atomic E-state index is -0.622. The maximum Gasteiger partial charge on any atom is 0.241 e. The van der Waals surface area contributed by atoms with Gasteiger partial charge in [0.15, 0.2) is 0 Å². The molecule has 0 aromatic heterocycles. The molecule has 0 aliphatic rings. The summed E-state index contributed by atoms with van der Waals surface area (Å²) in [4.78, 5) is 36.5. The Hall–Kier alpha value is -3.19. The lowest BCUT2D eigenvalue weighted by molar-refractivity contribution is -0.118. The number of hydrogen-bond donors (Lipinski definition) is 4. The van der Waals surface area contributed by atoms with E-state index in [0.29, 0.717) is 37.1 Å². The number of benzene rings is 2. The molecule has 2 rings (SSSR count). The SMILES string of the molecule is CC(C)[C@H](N)C(=O)Nc1ccccc1NC(=O)CCCCCC(=O)Nc1ccccc1. The summed E-state index contributed by atoms with van der Waals surface area (Å²) < 4.78 is 0. The molecule has 0 radical (unpaired) electrons. The van der Waals surface area contributed by atoms with Crippen LogP contribution in [0.5, 0.6) is 0 Å². The second-order valence-corrected chi connectivity index (χ2v) is 7.83. The second kappa shape index (κ2) is 12.5. The molecule has 5 N–H and O–H groups in total. The predicted octanol–water partition coefficient (Wildman–Crippen LogP) is 4.14. The third kappa shape index (κ3) is 8.60. The van der Waals surface area contributed by atoms with Crippen LogP contribution in [0.25, 0.3) is 0 Å². The Kier molecular flexibility index (Phi) is 9.71. The summed E-state index contributed by atoms with van der Waals surface area (Å²) in [5.41, 5.74) is 7.74. The van der Waals surface area contributed by atoms with Crippen molar-refractivity contribution in [3.8, 4) is 0 Å². The topological polar surface area (TPSA) is 113 Å². The summed E-state index contributed by atoms with van der Waals surface area (Å²) in [6, 6.07) is 15.8. The fraction of sp³-hybridized carbons (Fsp3) is 0.375. The number of carbonyl (C=O) groups excluding carboxylic acids is 3. The van der Waals surface area contributed by atoms with E-state index < -0.39 is 6.04 Å². The number of nitrogens with one attached hydrogen (secondary N) is 3. The number of amides is 3. The van der Waals surface area contributed by atoms with Gasteiger partial charge >= 0.3 is 0 Å². The summed E-state index contributed by atoms with van der Waals surface area (Å²) in [6.07, 6.45) is 2.93. The van der Waals surface area contributed by atoms with Gasteiger partial charge in [-0.1, -0.05) is 50.6 Å². The molecular formula is C24H32N4O3. The van der Waals surface area contributed by atoms with Gasteiger partial charge in [0, 0.05) is 18.5 Å². The van der Waals surface area contributed by atoms with Crippen LogP contribution in [0.4, 0.5) is 17.1 Å². The maximum atomic E-state index is 12.3. The number of para-hydroxylation sites is 3. The first-order chi connectivity index (χ1) is 14.9. The zero-order valence-corrected chi connectivity index (χ0v) is 18.2. The second-order valence-electron chi connectivity index (χ2n) is 7.83. The Morgan fingerprint density at radius 2 is 1.26 bits per heavy atom. The van der Waals surface area contributed by atoms with E-state index in [1.807, 2.05) is 44.2 Å². The summed E-state index contributed by atoms with van der Waals surface area (Å²) >= 11 is 0. The number of nitrogens with two attached hydrogens (primary N) is 1. The van der Waals surface area contributed by atoms with Crippen molar-refractivity contribution in [1.82, 2.24) is 0 Å². The van der Waals surface area contributed by atoms with Crippen LogP contribution in [0, 0.1) is 5.92 Å². The van der Waals surface area contributed by atoms with Crippen molar-refractivity contribution in [2.45, 2.75) is 52.0 Å². The van der Waals surface area contributed by atoms with Crippen molar-refractivity contribution >= 4 is 34.8 Å². The number of carbonyl (C=O) groups is 3. The van der Waals surface area contributed by atoms with Crippen LogP contribution in [0.1, 0.15) is 46.0 Å². The first kappa shape index (κ1) is 24.1. The van der Waals surface area contributed by atoms with Crippen LogP contribution in [-0.2, 0) is 14.4 Å². The monoisotopic (exact) mass is 424 g/mol. The Morgan fingerprint density at radius 1 is 0.742 bits per heavy atom. The van der Waals surface area contributed by atoms with Gasteiger partial charge in [-0.15, -0.1) is 0 Å². The van der Waals surface area contributed by atoms with E-state index in [0.717, 1.165) is 12.1 Å². The van der Waals surface area contributed by atoms with Crippen molar-refractivity contribution < 1.29 is 14.4 Å². The van der Waals surface area contributed by atoms with Gasteiger partial charge in [-0.25, -0.2) is 0 Å². The smallest absolute Gasteiger partial charge is 0.241 e. The molecule has 0 heterocycles. The molecule has 0 aliphatic carbocycles. The Balaban J connectivity index is 1.72. The van der Waals surface area contributed by atoms with E-state index in [-0.39, 0.29) is 23.6 Å². The normalized spacial score (nSPS) is 11.6. The first-order valence-corrected chi connectivity index (χ1v) is 10.7. The third-order valence-electron chi connectivity index (χ3n) is 4.85. The van der Waals surface area contributed by atoms with Crippen molar-refractivity contribution in [2.24, 2.45) is 11.7 Å². The van der Waals surface area contributed by atoms with Crippen molar-refractivity contribution in [3.05, 3.63) is 54.6 Å². The molecule has 166 valence electrons. The maximum absolute atomic E-state index is 12.3. The summed E-state index contributed by atoms with van der Waals surface area (Å²) in [5, 5.41) is 8.47. The van der Waals surface area contributed by atoms with E-state index in [4.69, 9.17) is 5.73 Å². The Morgan fingerprint density at radius 3 is 1.84 bits per heavy atom. The quantitative estimate of drug-likeness (QED) is 0.406. The van der Waals surface area contributed by atoms with Gasteiger partial charge in [-0.3, -0.25) is 14.4 Å². The number of unbranched alkanes of at least 4 members (excludes halogenated alkanes) is 2. The van der Waals surface area contributed by atoms with E-state index in [1.54, 1.807) is 24.3 Å². The molecule has 0 unspecified atom stereocenters. The van der Waals surface area contributed by atoms with E-state index >= 15 is 0 Å². The average Bonchev–Trinajstić information content (AvgIpc) is 2.74. The fourth-order valence-electron chi connectivity index (χ4n) is 2.93. The van der Waals surface area contributed by atoms with Crippen molar-refractivity contribution in [2.75, 3.05) is 16.0 Å². The summed E-state index contributed by atoms with van der Waals surface area (Å²) in [5.74, 6) is -0.439. The predicted molar refractivity (Wildman–Crippen MR) is 125 cm³/mol. The molecule has 7 nitrogen and oxygen atoms in total. The van der Waals surface area contributed by atoms with Crippen LogP contribution in [0.2, 0.25) is 0 Å². The van der Waals surface area contributed by atoms with Gasteiger partial charge in [0.05, 0.1) is 17.4 Å². The summed E-state index contributed by atoms with van der Waals surface area (Å²) in [7, 11) is 0. The molecular weight excluding hydrogens is 392 g/mol. The van der Waals surface area contributed by atoms with Crippen LogP contribution in [0.3, 0.4) is 0 Å². The highest BCUT2D eigenvalue weighted by atomic mass is 16.2. The average molecular weight is 425 g/mol. The summed E-state index contributed by atoms with van der Waals surface area (Å²) in [6.45, 7) is 3.76. The molecule has 0 saturated heterocycles. The third-order valence-corrected chi connectivity index (χ3v) is 4.85. The van der Waals surface area contributed by atoms with E-state index in [1.165, 1.54) is 0 Å². The minimum Gasteiger partial charge on any atom is -0.326 e. The van der Waals surface area contributed by atoms with Gasteiger partial charge in [0.1, 0.15) is 0 Å². The van der Waals surface area contributed by atoms with Crippen molar-refractivity contribution in [1.29, 1.82) is 0 Å². The molecule has 0 spiro atoms. The minimum absolute atomic E-state index is 0.0107. The zero-order chi connectivity index (χ0) is 22.6. The molecule has 1 atom stereocenters. The van der Waals surface area contributed by atoms with Crippen LogP contribution in [-0.4, -0.2) is 23.8 Å². The molecule has 2 aromatic rings. The molecule has 7 heteroatoms. The highest BCUT2D eigenvalue weighted by molar-refractivity contribution is 6.01. The molecule has 0 aliphatic heterocycles. The lowest BCUT2D eigenvalue weighted by atomic mass is 10.0. The molecule has 0 fully saturated rings. The molecule has 0 bridgehead atoms. The van der Waals surface area contributed by atoms with Gasteiger partial charge in [0.2, 0.25) is 17.7 Å². The first-order valence-electron chi connectivity index (χ1n) is 10.7. The zero-order valence-electron chi connectivity index (χ0n) is 18.2. The van der Waals surface area contributed by atoms with Crippen LogP contribution >= 0.6 is 0 Å². The van der Waals surface area contributed by atoms with Crippen LogP contribution < -0.4 is 21.7 Å². The highest BCUT2D eigenvalue weighted by Crippen LogP contribution is 2.22.